The predicted molar refractivity (Wildman–Crippen MR) is 119 cm³/mol. The smallest absolute Gasteiger partial charge is 0.191 e. The number of aromatic nitrogens is 4. The normalized spacial score (nSPS) is 13.7. The number of thioether (sulfide) groups is 1. The molecule has 0 saturated heterocycles. The van der Waals surface area contributed by atoms with E-state index in [1.54, 1.807) is 0 Å². The Morgan fingerprint density at radius 1 is 1.13 bits per heavy atom. The zero-order valence-corrected chi connectivity index (χ0v) is 18.7. The fraction of sp³-hybridized carbons (Fsp3) is 0.435. The maximum Gasteiger partial charge on any atom is 0.191 e. The summed E-state index contributed by atoms with van der Waals surface area (Å²) >= 11 is 1.49. The van der Waals surface area contributed by atoms with Crippen LogP contribution in [-0.4, -0.2) is 37.5 Å². The summed E-state index contributed by atoms with van der Waals surface area (Å²) < 4.78 is 9.85. The van der Waals surface area contributed by atoms with Gasteiger partial charge in [0.05, 0.1) is 12.4 Å². The number of aryl methyl sites for hydroxylation is 2. The van der Waals surface area contributed by atoms with Gasteiger partial charge in [-0.3, -0.25) is 4.79 Å². The Hall–Kier alpha value is -2.54. The van der Waals surface area contributed by atoms with Crippen molar-refractivity contribution in [1.82, 2.24) is 19.3 Å². The molecule has 7 heteroatoms. The van der Waals surface area contributed by atoms with Gasteiger partial charge in [0.25, 0.3) is 0 Å². The van der Waals surface area contributed by atoms with Crippen LogP contribution in [0.15, 0.2) is 35.5 Å². The molecule has 1 aromatic carbocycles. The van der Waals surface area contributed by atoms with Crippen molar-refractivity contribution < 1.29 is 9.53 Å². The third kappa shape index (κ3) is 4.17. The van der Waals surface area contributed by atoms with Gasteiger partial charge in [-0.1, -0.05) is 18.2 Å². The van der Waals surface area contributed by atoms with E-state index in [-0.39, 0.29) is 5.78 Å². The van der Waals surface area contributed by atoms with Crippen LogP contribution < -0.4 is 4.74 Å². The van der Waals surface area contributed by atoms with E-state index in [9.17, 15) is 4.79 Å². The van der Waals surface area contributed by atoms with Gasteiger partial charge in [-0.15, -0.1) is 10.2 Å². The fourth-order valence-electron chi connectivity index (χ4n) is 4.07. The standard InChI is InChI=1S/C23H28N4O2S/c1-4-29-19-11-9-18(10-12-19)27-16(2)14-20(17(27)3)21(28)15-30-23-25-24-22-8-6-5-7-13-26(22)23/h9-12,14H,4-8,13,15H2,1-3H3. The first-order valence-corrected chi connectivity index (χ1v) is 11.6. The molecular weight excluding hydrogens is 396 g/mol. The largest absolute Gasteiger partial charge is 0.494 e. The van der Waals surface area contributed by atoms with E-state index in [1.807, 2.05) is 51.1 Å². The molecule has 0 aliphatic carbocycles. The van der Waals surface area contributed by atoms with Gasteiger partial charge in [-0.2, -0.15) is 0 Å². The van der Waals surface area contributed by atoms with Gasteiger partial charge >= 0.3 is 0 Å². The number of benzene rings is 1. The number of nitrogens with zero attached hydrogens (tertiary/aromatic N) is 4. The first-order valence-electron chi connectivity index (χ1n) is 10.6. The SMILES string of the molecule is CCOc1ccc(-n2c(C)cc(C(=O)CSc3nnc4n3CCCCC4)c2C)cc1. The maximum atomic E-state index is 13.0. The lowest BCUT2D eigenvalue weighted by molar-refractivity contribution is 0.102. The molecule has 4 rings (SSSR count). The Bertz CT molecular complexity index is 1040. The number of ether oxygens (including phenoxy) is 1. The second-order valence-corrected chi connectivity index (χ2v) is 8.56. The highest BCUT2D eigenvalue weighted by Gasteiger charge is 2.20. The van der Waals surface area contributed by atoms with Gasteiger partial charge in [0.1, 0.15) is 11.6 Å². The molecule has 1 aliphatic heterocycles. The topological polar surface area (TPSA) is 61.9 Å². The Labute approximate surface area is 181 Å². The van der Waals surface area contributed by atoms with Crippen molar-refractivity contribution >= 4 is 17.5 Å². The van der Waals surface area contributed by atoms with E-state index in [0.717, 1.165) is 58.8 Å². The number of Topliss-reactive ketones (excluding diaryl/α,β-unsaturated/α-hetero) is 1. The number of hydrogen-bond acceptors (Lipinski definition) is 5. The van der Waals surface area contributed by atoms with E-state index < -0.39 is 0 Å². The predicted octanol–water partition coefficient (Wildman–Crippen LogP) is 4.79. The molecule has 0 bridgehead atoms. The summed E-state index contributed by atoms with van der Waals surface area (Å²) in [5, 5.41) is 9.52. The van der Waals surface area contributed by atoms with Crippen molar-refractivity contribution in [1.29, 1.82) is 0 Å². The molecule has 158 valence electrons. The highest BCUT2D eigenvalue weighted by molar-refractivity contribution is 7.99. The molecule has 0 spiro atoms. The van der Waals surface area contributed by atoms with E-state index in [1.165, 1.54) is 24.6 Å². The Kier molecular flexibility index (Phi) is 6.27. The molecule has 0 amide bonds. The minimum atomic E-state index is 0.122. The number of carbonyl (C=O) groups excluding carboxylic acids is 1. The minimum absolute atomic E-state index is 0.122. The van der Waals surface area contributed by atoms with Crippen molar-refractivity contribution in [3.8, 4) is 11.4 Å². The molecule has 3 heterocycles. The van der Waals surface area contributed by atoms with Gasteiger partial charge in [-0.05, 0) is 63.9 Å². The van der Waals surface area contributed by atoms with E-state index in [0.29, 0.717) is 12.4 Å². The summed E-state index contributed by atoms with van der Waals surface area (Å²) in [4.78, 5) is 13.0. The average molecular weight is 425 g/mol. The minimum Gasteiger partial charge on any atom is -0.494 e. The summed E-state index contributed by atoms with van der Waals surface area (Å²) in [7, 11) is 0. The number of carbonyl (C=O) groups is 1. The highest BCUT2D eigenvalue weighted by Crippen LogP contribution is 2.26. The first-order chi connectivity index (χ1) is 14.6. The van der Waals surface area contributed by atoms with Gasteiger partial charge in [0, 0.05) is 35.6 Å². The van der Waals surface area contributed by atoms with Crippen LogP contribution in [0.4, 0.5) is 0 Å². The monoisotopic (exact) mass is 424 g/mol. The van der Waals surface area contributed by atoms with E-state index in [4.69, 9.17) is 4.74 Å². The van der Waals surface area contributed by atoms with Crippen LogP contribution in [0.5, 0.6) is 5.75 Å². The molecular formula is C23H28N4O2S. The van der Waals surface area contributed by atoms with Crippen LogP contribution in [0.2, 0.25) is 0 Å². The van der Waals surface area contributed by atoms with Crippen LogP contribution in [0, 0.1) is 13.8 Å². The van der Waals surface area contributed by atoms with Crippen molar-refractivity contribution in [3.05, 3.63) is 53.1 Å². The Morgan fingerprint density at radius 3 is 2.70 bits per heavy atom. The van der Waals surface area contributed by atoms with Crippen LogP contribution in [0.1, 0.15) is 53.8 Å². The number of hydrogen-bond donors (Lipinski definition) is 0. The molecule has 2 aromatic heterocycles. The zero-order chi connectivity index (χ0) is 21.1. The molecule has 0 unspecified atom stereocenters. The van der Waals surface area contributed by atoms with Crippen molar-refractivity contribution in [2.45, 2.75) is 58.2 Å². The van der Waals surface area contributed by atoms with Crippen LogP contribution in [0.3, 0.4) is 0 Å². The summed E-state index contributed by atoms with van der Waals surface area (Å²) in [6, 6.07) is 9.97. The first kappa shape index (κ1) is 20.7. The quantitative estimate of drug-likeness (QED) is 0.403. The molecule has 0 saturated carbocycles. The number of ketones is 1. The average Bonchev–Trinajstić information content (AvgIpc) is 3.16. The van der Waals surface area contributed by atoms with Gasteiger partial charge in [0.2, 0.25) is 0 Å². The van der Waals surface area contributed by atoms with E-state index in [2.05, 4.69) is 19.3 Å². The zero-order valence-electron chi connectivity index (χ0n) is 17.9. The summed E-state index contributed by atoms with van der Waals surface area (Å²) in [6.45, 7) is 7.61. The van der Waals surface area contributed by atoms with Crippen LogP contribution in [-0.2, 0) is 13.0 Å². The molecule has 0 atom stereocenters. The fourth-order valence-corrected chi connectivity index (χ4v) is 4.94. The molecule has 6 nitrogen and oxygen atoms in total. The lowest BCUT2D eigenvalue weighted by Gasteiger charge is -2.11. The van der Waals surface area contributed by atoms with Crippen molar-refractivity contribution in [3.63, 3.8) is 0 Å². The molecule has 1 aliphatic rings. The molecule has 0 fully saturated rings. The summed E-state index contributed by atoms with van der Waals surface area (Å²) in [5.74, 6) is 2.39. The Morgan fingerprint density at radius 2 is 1.93 bits per heavy atom. The van der Waals surface area contributed by atoms with Gasteiger partial charge in [0.15, 0.2) is 10.9 Å². The van der Waals surface area contributed by atoms with Crippen LogP contribution >= 0.6 is 11.8 Å². The summed E-state index contributed by atoms with van der Waals surface area (Å²) in [6.07, 6.45) is 4.52. The second-order valence-electron chi connectivity index (χ2n) is 7.62. The summed E-state index contributed by atoms with van der Waals surface area (Å²) in [5.41, 5.74) is 3.80. The van der Waals surface area contributed by atoms with Gasteiger partial charge < -0.3 is 13.9 Å². The third-order valence-electron chi connectivity index (χ3n) is 5.55. The second kappa shape index (κ2) is 9.08. The van der Waals surface area contributed by atoms with Crippen molar-refractivity contribution in [2.24, 2.45) is 0 Å². The lowest BCUT2D eigenvalue weighted by Crippen LogP contribution is -2.07. The lowest BCUT2D eigenvalue weighted by atomic mass is 10.2. The van der Waals surface area contributed by atoms with Gasteiger partial charge in [-0.25, -0.2) is 0 Å². The maximum absolute atomic E-state index is 13.0. The molecule has 0 N–H and O–H groups in total. The molecule has 3 aromatic rings. The molecule has 30 heavy (non-hydrogen) atoms. The van der Waals surface area contributed by atoms with Crippen molar-refractivity contribution in [2.75, 3.05) is 12.4 Å². The number of rotatable bonds is 7. The third-order valence-corrected chi connectivity index (χ3v) is 6.51. The van der Waals surface area contributed by atoms with E-state index >= 15 is 0 Å². The highest BCUT2D eigenvalue weighted by atomic mass is 32.2. The number of fused-ring (bicyclic) bond motifs is 1. The Balaban J connectivity index is 1.50. The van der Waals surface area contributed by atoms with Crippen LogP contribution in [0.25, 0.3) is 5.69 Å². The molecule has 0 radical (unpaired) electrons.